The second kappa shape index (κ2) is 5.55. The van der Waals surface area contributed by atoms with Gasteiger partial charge in [-0.05, 0) is 31.2 Å². The SMILES string of the molecule is Cc1ccc2oc(C(=O)NCc3c(F)cccc3F)cc2n1. The van der Waals surface area contributed by atoms with Crippen LogP contribution in [0.2, 0.25) is 0 Å². The number of amides is 1. The Morgan fingerprint density at radius 1 is 1.23 bits per heavy atom. The largest absolute Gasteiger partial charge is 0.449 e. The Kier molecular flexibility index (Phi) is 3.58. The van der Waals surface area contributed by atoms with Gasteiger partial charge in [-0.25, -0.2) is 13.8 Å². The minimum atomic E-state index is -0.706. The normalized spacial score (nSPS) is 10.9. The van der Waals surface area contributed by atoms with Crippen molar-refractivity contribution in [3.05, 3.63) is 65.1 Å². The van der Waals surface area contributed by atoms with E-state index in [9.17, 15) is 13.6 Å². The van der Waals surface area contributed by atoms with Gasteiger partial charge in [0.15, 0.2) is 11.3 Å². The molecule has 0 unspecified atom stereocenters. The number of nitrogens with one attached hydrogen (secondary N) is 1. The highest BCUT2D eigenvalue weighted by Crippen LogP contribution is 2.18. The van der Waals surface area contributed by atoms with E-state index in [0.717, 1.165) is 17.8 Å². The van der Waals surface area contributed by atoms with Crippen molar-refractivity contribution in [1.29, 1.82) is 0 Å². The van der Waals surface area contributed by atoms with Gasteiger partial charge in [-0.2, -0.15) is 0 Å². The minimum absolute atomic E-state index is 0.0462. The summed E-state index contributed by atoms with van der Waals surface area (Å²) in [7, 11) is 0. The van der Waals surface area contributed by atoms with Crippen LogP contribution < -0.4 is 5.32 Å². The van der Waals surface area contributed by atoms with E-state index in [1.54, 1.807) is 12.1 Å². The summed E-state index contributed by atoms with van der Waals surface area (Å²) in [5, 5.41) is 2.43. The number of hydrogen-bond acceptors (Lipinski definition) is 3. The second-order valence-electron chi connectivity index (χ2n) is 4.83. The van der Waals surface area contributed by atoms with Crippen molar-refractivity contribution in [2.75, 3.05) is 0 Å². The van der Waals surface area contributed by atoms with E-state index in [1.807, 2.05) is 6.92 Å². The number of nitrogens with zero attached hydrogens (tertiary/aromatic N) is 1. The van der Waals surface area contributed by atoms with Crippen LogP contribution in [-0.2, 0) is 6.54 Å². The van der Waals surface area contributed by atoms with E-state index >= 15 is 0 Å². The molecule has 0 aliphatic heterocycles. The van der Waals surface area contributed by atoms with Crippen molar-refractivity contribution in [3.8, 4) is 0 Å². The lowest BCUT2D eigenvalue weighted by Gasteiger charge is -2.05. The number of furan rings is 1. The molecular weight excluding hydrogens is 290 g/mol. The molecule has 0 aliphatic carbocycles. The summed E-state index contributed by atoms with van der Waals surface area (Å²) in [5.41, 5.74) is 1.64. The van der Waals surface area contributed by atoms with Crippen molar-refractivity contribution in [1.82, 2.24) is 10.3 Å². The van der Waals surface area contributed by atoms with E-state index in [1.165, 1.54) is 12.1 Å². The molecule has 1 N–H and O–H groups in total. The highest BCUT2D eigenvalue weighted by Gasteiger charge is 2.15. The Morgan fingerprint density at radius 3 is 2.68 bits per heavy atom. The van der Waals surface area contributed by atoms with Crippen molar-refractivity contribution in [2.24, 2.45) is 0 Å². The molecule has 6 heteroatoms. The summed E-state index contributed by atoms with van der Waals surface area (Å²) in [6.07, 6.45) is 0. The summed E-state index contributed by atoms with van der Waals surface area (Å²) >= 11 is 0. The zero-order valence-corrected chi connectivity index (χ0v) is 11.7. The fraction of sp³-hybridized carbons (Fsp3) is 0.125. The van der Waals surface area contributed by atoms with Crippen LogP contribution in [0.3, 0.4) is 0 Å². The van der Waals surface area contributed by atoms with Crippen LogP contribution in [0, 0.1) is 18.6 Å². The monoisotopic (exact) mass is 302 g/mol. The third-order valence-corrected chi connectivity index (χ3v) is 3.22. The van der Waals surface area contributed by atoms with Gasteiger partial charge in [-0.3, -0.25) is 4.79 Å². The molecule has 0 fully saturated rings. The van der Waals surface area contributed by atoms with Crippen LogP contribution in [0.1, 0.15) is 21.8 Å². The first-order chi connectivity index (χ1) is 10.5. The molecule has 0 radical (unpaired) electrons. The molecule has 3 rings (SSSR count). The van der Waals surface area contributed by atoms with E-state index in [2.05, 4.69) is 10.3 Å². The standard InChI is InChI=1S/C16H12F2N2O2/c1-9-5-6-14-13(20-9)7-15(22-14)16(21)19-8-10-11(17)3-2-4-12(10)18/h2-7H,8H2,1H3,(H,19,21). The smallest absolute Gasteiger partial charge is 0.287 e. The number of hydrogen-bond donors (Lipinski definition) is 1. The third kappa shape index (κ3) is 2.67. The molecule has 3 aromatic rings. The predicted octanol–water partition coefficient (Wildman–Crippen LogP) is 3.34. The predicted molar refractivity (Wildman–Crippen MR) is 76.3 cm³/mol. The van der Waals surface area contributed by atoms with E-state index in [-0.39, 0.29) is 17.9 Å². The summed E-state index contributed by atoms with van der Waals surface area (Å²) in [6.45, 7) is 1.56. The minimum Gasteiger partial charge on any atom is -0.449 e. The van der Waals surface area contributed by atoms with Gasteiger partial charge in [-0.15, -0.1) is 0 Å². The Hall–Kier alpha value is -2.76. The van der Waals surface area contributed by atoms with Crippen molar-refractivity contribution < 1.29 is 18.0 Å². The fourth-order valence-corrected chi connectivity index (χ4v) is 2.09. The Bertz CT molecular complexity index is 838. The maximum absolute atomic E-state index is 13.5. The van der Waals surface area contributed by atoms with Gasteiger partial charge in [0.05, 0.1) is 0 Å². The van der Waals surface area contributed by atoms with Gasteiger partial charge in [0.1, 0.15) is 17.2 Å². The lowest BCUT2D eigenvalue weighted by molar-refractivity contribution is 0.0924. The quantitative estimate of drug-likeness (QED) is 0.807. The van der Waals surface area contributed by atoms with Crippen LogP contribution in [0.4, 0.5) is 8.78 Å². The first-order valence-corrected chi connectivity index (χ1v) is 6.63. The molecule has 0 saturated carbocycles. The Balaban J connectivity index is 1.79. The summed E-state index contributed by atoms with van der Waals surface area (Å²) in [5.74, 6) is -1.92. The molecule has 0 bridgehead atoms. The molecule has 22 heavy (non-hydrogen) atoms. The number of pyridine rings is 1. The molecule has 2 heterocycles. The average Bonchev–Trinajstić information content (AvgIpc) is 2.89. The highest BCUT2D eigenvalue weighted by molar-refractivity contribution is 5.95. The molecule has 1 aromatic carbocycles. The van der Waals surface area contributed by atoms with Gasteiger partial charge in [0.25, 0.3) is 5.91 Å². The first kappa shape index (κ1) is 14.2. The molecule has 112 valence electrons. The van der Waals surface area contributed by atoms with Crippen molar-refractivity contribution in [2.45, 2.75) is 13.5 Å². The van der Waals surface area contributed by atoms with E-state index in [0.29, 0.717) is 11.1 Å². The van der Waals surface area contributed by atoms with Gasteiger partial charge in [0, 0.05) is 23.9 Å². The number of carbonyl (C=O) groups excluding carboxylic acids is 1. The number of carbonyl (C=O) groups is 1. The maximum atomic E-state index is 13.5. The maximum Gasteiger partial charge on any atom is 0.287 e. The van der Waals surface area contributed by atoms with Gasteiger partial charge in [-0.1, -0.05) is 6.07 Å². The van der Waals surface area contributed by atoms with Crippen LogP contribution >= 0.6 is 0 Å². The average molecular weight is 302 g/mol. The molecule has 1 amide bonds. The van der Waals surface area contributed by atoms with Crippen LogP contribution in [-0.4, -0.2) is 10.9 Å². The highest BCUT2D eigenvalue weighted by atomic mass is 19.1. The van der Waals surface area contributed by atoms with Gasteiger partial charge >= 0.3 is 0 Å². The molecule has 0 aliphatic rings. The van der Waals surface area contributed by atoms with Gasteiger partial charge < -0.3 is 9.73 Å². The number of rotatable bonds is 3. The van der Waals surface area contributed by atoms with Crippen molar-refractivity contribution in [3.63, 3.8) is 0 Å². The number of halogens is 2. The van der Waals surface area contributed by atoms with E-state index in [4.69, 9.17) is 4.42 Å². The van der Waals surface area contributed by atoms with Crippen LogP contribution in [0.25, 0.3) is 11.1 Å². The Morgan fingerprint density at radius 2 is 1.95 bits per heavy atom. The molecule has 2 aromatic heterocycles. The third-order valence-electron chi connectivity index (χ3n) is 3.22. The van der Waals surface area contributed by atoms with Crippen LogP contribution in [0.5, 0.6) is 0 Å². The fourth-order valence-electron chi connectivity index (χ4n) is 2.09. The van der Waals surface area contributed by atoms with Crippen LogP contribution in [0.15, 0.2) is 40.8 Å². The van der Waals surface area contributed by atoms with E-state index < -0.39 is 17.5 Å². The summed E-state index contributed by atoms with van der Waals surface area (Å²) < 4.78 is 32.4. The zero-order valence-electron chi connectivity index (χ0n) is 11.7. The summed E-state index contributed by atoms with van der Waals surface area (Å²) in [6, 6.07) is 8.52. The zero-order chi connectivity index (χ0) is 15.7. The second-order valence-corrected chi connectivity index (χ2v) is 4.83. The van der Waals surface area contributed by atoms with Crippen molar-refractivity contribution >= 4 is 17.0 Å². The topological polar surface area (TPSA) is 55.1 Å². The number of aryl methyl sites for hydroxylation is 1. The molecular formula is C16H12F2N2O2. The Labute approximate surface area is 124 Å². The molecule has 4 nitrogen and oxygen atoms in total. The lowest BCUT2D eigenvalue weighted by atomic mass is 10.2. The molecule has 0 saturated heterocycles. The number of aromatic nitrogens is 1. The van der Waals surface area contributed by atoms with Gasteiger partial charge in [0.2, 0.25) is 0 Å². The number of benzene rings is 1. The lowest BCUT2D eigenvalue weighted by Crippen LogP contribution is -2.23. The number of fused-ring (bicyclic) bond motifs is 1. The molecule has 0 atom stereocenters. The molecule has 0 spiro atoms. The first-order valence-electron chi connectivity index (χ1n) is 6.63. The summed E-state index contributed by atoms with van der Waals surface area (Å²) in [4.78, 5) is 16.2.